The molecule has 0 spiro atoms. The van der Waals surface area contributed by atoms with E-state index in [0.717, 1.165) is 37.7 Å². The van der Waals surface area contributed by atoms with Crippen molar-refractivity contribution in [2.24, 2.45) is 0 Å². The normalized spacial score (nSPS) is 14.4. The van der Waals surface area contributed by atoms with Gasteiger partial charge in [-0.1, -0.05) is 13.3 Å². The Morgan fingerprint density at radius 3 is 2.64 bits per heavy atom. The van der Waals surface area contributed by atoms with E-state index in [1.54, 1.807) is 6.07 Å². The molecule has 0 saturated heterocycles. The summed E-state index contributed by atoms with van der Waals surface area (Å²) < 4.78 is 0. The van der Waals surface area contributed by atoms with E-state index in [-0.39, 0.29) is 11.5 Å². The number of hydrogen-bond acceptors (Lipinski definition) is 2. The van der Waals surface area contributed by atoms with Crippen molar-refractivity contribution in [3.8, 4) is 11.5 Å². The SMILES string of the molecule is CCCc1cc(O)c(O)c2c1CCC2. The molecule has 14 heavy (non-hydrogen) atoms. The van der Waals surface area contributed by atoms with Crippen molar-refractivity contribution in [1.82, 2.24) is 0 Å². The first kappa shape index (κ1) is 9.38. The monoisotopic (exact) mass is 192 g/mol. The molecule has 0 amide bonds. The molecule has 0 aromatic heterocycles. The molecule has 2 heteroatoms. The van der Waals surface area contributed by atoms with Gasteiger partial charge in [0.2, 0.25) is 0 Å². The highest BCUT2D eigenvalue weighted by atomic mass is 16.3. The summed E-state index contributed by atoms with van der Waals surface area (Å²) in [4.78, 5) is 0. The van der Waals surface area contributed by atoms with Crippen molar-refractivity contribution >= 4 is 0 Å². The van der Waals surface area contributed by atoms with Crippen molar-refractivity contribution in [2.45, 2.75) is 39.0 Å². The molecule has 2 rings (SSSR count). The molecule has 1 aromatic carbocycles. The van der Waals surface area contributed by atoms with Gasteiger partial charge < -0.3 is 10.2 Å². The third kappa shape index (κ3) is 1.35. The summed E-state index contributed by atoms with van der Waals surface area (Å²) in [6, 6.07) is 1.73. The molecule has 0 fully saturated rings. The van der Waals surface area contributed by atoms with Gasteiger partial charge in [0, 0.05) is 5.56 Å². The summed E-state index contributed by atoms with van der Waals surface area (Å²) in [6.45, 7) is 2.13. The first-order valence-corrected chi connectivity index (χ1v) is 5.29. The van der Waals surface area contributed by atoms with Crippen LogP contribution in [0.5, 0.6) is 11.5 Å². The molecule has 76 valence electrons. The quantitative estimate of drug-likeness (QED) is 0.707. The zero-order valence-electron chi connectivity index (χ0n) is 8.51. The number of hydrogen-bond donors (Lipinski definition) is 2. The molecule has 0 bridgehead atoms. The van der Waals surface area contributed by atoms with Gasteiger partial charge in [-0.3, -0.25) is 0 Å². The highest BCUT2D eigenvalue weighted by Gasteiger charge is 2.20. The van der Waals surface area contributed by atoms with Gasteiger partial charge in [0.05, 0.1) is 0 Å². The summed E-state index contributed by atoms with van der Waals surface area (Å²) in [7, 11) is 0. The third-order valence-corrected chi connectivity index (χ3v) is 2.96. The number of phenolic OH excluding ortho intramolecular Hbond substituents is 2. The Kier molecular flexibility index (Phi) is 2.36. The van der Waals surface area contributed by atoms with Crippen LogP contribution in [0.3, 0.4) is 0 Å². The molecular formula is C12H16O2. The Bertz CT molecular complexity index is 356. The van der Waals surface area contributed by atoms with Crippen LogP contribution in [-0.4, -0.2) is 10.2 Å². The van der Waals surface area contributed by atoms with Crippen molar-refractivity contribution in [2.75, 3.05) is 0 Å². The van der Waals surface area contributed by atoms with Gasteiger partial charge in [0.1, 0.15) is 0 Å². The molecule has 1 aliphatic carbocycles. The second-order valence-electron chi connectivity index (χ2n) is 3.96. The van der Waals surface area contributed by atoms with Gasteiger partial charge in [-0.2, -0.15) is 0 Å². The lowest BCUT2D eigenvalue weighted by Crippen LogP contribution is -1.93. The fraction of sp³-hybridized carbons (Fsp3) is 0.500. The highest BCUT2D eigenvalue weighted by Crippen LogP contribution is 2.39. The van der Waals surface area contributed by atoms with E-state index in [1.165, 1.54) is 11.1 Å². The van der Waals surface area contributed by atoms with E-state index < -0.39 is 0 Å². The number of fused-ring (bicyclic) bond motifs is 1. The third-order valence-electron chi connectivity index (χ3n) is 2.96. The van der Waals surface area contributed by atoms with E-state index in [9.17, 15) is 10.2 Å². The van der Waals surface area contributed by atoms with Crippen LogP contribution in [0.4, 0.5) is 0 Å². The van der Waals surface area contributed by atoms with Crippen molar-refractivity contribution in [1.29, 1.82) is 0 Å². The topological polar surface area (TPSA) is 40.5 Å². The van der Waals surface area contributed by atoms with Gasteiger partial charge in [0.25, 0.3) is 0 Å². The molecule has 0 unspecified atom stereocenters. The second-order valence-corrected chi connectivity index (χ2v) is 3.96. The van der Waals surface area contributed by atoms with Crippen LogP contribution in [-0.2, 0) is 19.3 Å². The Morgan fingerprint density at radius 1 is 1.21 bits per heavy atom. The average molecular weight is 192 g/mol. The van der Waals surface area contributed by atoms with Gasteiger partial charge in [-0.25, -0.2) is 0 Å². The van der Waals surface area contributed by atoms with Gasteiger partial charge in [-0.15, -0.1) is 0 Å². The van der Waals surface area contributed by atoms with Gasteiger partial charge in [0.15, 0.2) is 11.5 Å². The van der Waals surface area contributed by atoms with Gasteiger partial charge >= 0.3 is 0 Å². The Labute approximate surface area is 84.2 Å². The standard InChI is InChI=1S/C12H16O2/c1-2-4-8-7-11(13)12(14)10-6-3-5-9(8)10/h7,13-14H,2-6H2,1H3. The van der Waals surface area contributed by atoms with Crippen LogP contribution in [0, 0.1) is 0 Å². The molecule has 0 saturated carbocycles. The van der Waals surface area contributed by atoms with Crippen molar-refractivity contribution < 1.29 is 10.2 Å². The maximum Gasteiger partial charge on any atom is 0.160 e. The van der Waals surface area contributed by atoms with Crippen molar-refractivity contribution in [3.63, 3.8) is 0 Å². The lowest BCUT2D eigenvalue weighted by molar-refractivity contribution is 0.399. The van der Waals surface area contributed by atoms with E-state index in [2.05, 4.69) is 6.92 Å². The molecule has 2 nitrogen and oxygen atoms in total. The van der Waals surface area contributed by atoms with Gasteiger partial charge in [-0.05, 0) is 42.9 Å². The molecule has 0 radical (unpaired) electrons. The van der Waals surface area contributed by atoms with Crippen LogP contribution in [0.25, 0.3) is 0 Å². The summed E-state index contributed by atoms with van der Waals surface area (Å²) in [5.74, 6) is 0.159. The summed E-state index contributed by atoms with van der Waals surface area (Å²) in [5.41, 5.74) is 3.48. The largest absolute Gasteiger partial charge is 0.504 e. The van der Waals surface area contributed by atoms with Crippen LogP contribution in [0.1, 0.15) is 36.5 Å². The maximum atomic E-state index is 9.66. The summed E-state index contributed by atoms with van der Waals surface area (Å²) in [5, 5.41) is 19.2. The number of aromatic hydroxyl groups is 2. The Morgan fingerprint density at radius 2 is 1.93 bits per heavy atom. The average Bonchev–Trinajstić information content (AvgIpc) is 2.63. The Balaban J connectivity index is 2.52. The molecule has 0 aliphatic heterocycles. The summed E-state index contributed by atoms with van der Waals surface area (Å²) >= 11 is 0. The van der Waals surface area contributed by atoms with Crippen LogP contribution in [0.15, 0.2) is 6.07 Å². The lowest BCUT2D eigenvalue weighted by Gasteiger charge is -2.10. The minimum atomic E-state index is 0.0501. The fourth-order valence-corrected chi connectivity index (χ4v) is 2.33. The number of phenols is 2. The lowest BCUT2D eigenvalue weighted by atomic mass is 9.98. The second kappa shape index (κ2) is 3.52. The van der Waals surface area contributed by atoms with Crippen LogP contribution in [0.2, 0.25) is 0 Å². The van der Waals surface area contributed by atoms with E-state index in [4.69, 9.17) is 0 Å². The molecule has 0 heterocycles. The smallest absolute Gasteiger partial charge is 0.160 e. The zero-order valence-corrected chi connectivity index (χ0v) is 8.51. The highest BCUT2D eigenvalue weighted by molar-refractivity contribution is 5.54. The predicted molar refractivity (Wildman–Crippen MR) is 55.8 cm³/mol. The molecule has 1 aliphatic rings. The van der Waals surface area contributed by atoms with Crippen LogP contribution < -0.4 is 0 Å². The van der Waals surface area contributed by atoms with E-state index in [1.807, 2.05) is 0 Å². The number of aryl methyl sites for hydroxylation is 1. The molecule has 1 aromatic rings. The zero-order chi connectivity index (χ0) is 10.1. The number of benzene rings is 1. The van der Waals surface area contributed by atoms with E-state index >= 15 is 0 Å². The predicted octanol–water partition coefficient (Wildman–Crippen LogP) is 2.54. The first-order chi connectivity index (χ1) is 6.74. The molecule has 2 N–H and O–H groups in total. The summed E-state index contributed by atoms with van der Waals surface area (Å²) in [6.07, 6.45) is 5.14. The maximum absolute atomic E-state index is 9.66. The van der Waals surface area contributed by atoms with E-state index in [0.29, 0.717) is 0 Å². The van der Waals surface area contributed by atoms with Crippen LogP contribution >= 0.6 is 0 Å². The Hall–Kier alpha value is -1.18. The fourth-order valence-electron chi connectivity index (χ4n) is 2.33. The number of rotatable bonds is 2. The molecule has 0 atom stereocenters. The minimum absolute atomic E-state index is 0.0501. The molecular weight excluding hydrogens is 176 g/mol. The first-order valence-electron chi connectivity index (χ1n) is 5.29. The minimum Gasteiger partial charge on any atom is -0.504 e. The van der Waals surface area contributed by atoms with Crippen molar-refractivity contribution in [3.05, 3.63) is 22.8 Å².